The molecule has 1 saturated carbocycles. The summed E-state index contributed by atoms with van der Waals surface area (Å²) in [7, 11) is 1.61. The molecule has 2 aromatic carbocycles. The number of nitrogens with zero attached hydrogens (tertiary/aromatic N) is 1. The molecule has 7 heteroatoms. The van der Waals surface area contributed by atoms with E-state index in [9.17, 15) is 14.4 Å². The molecule has 1 heterocycles. The molecule has 1 fully saturated rings. The Morgan fingerprint density at radius 1 is 1.11 bits per heavy atom. The molecule has 7 nitrogen and oxygen atoms in total. The first-order chi connectivity index (χ1) is 18.4. The van der Waals surface area contributed by atoms with Crippen molar-refractivity contribution in [1.82, 2.24) is 4.90 Å². The second-order valence-electron chi connectivity index (χ2n) is 10.2. The third-order valence-electron chi connectivity index (χ3n) is 7.76. The largest absolute Gasteiger partial charge is 0.497 e. The van der Waals surface area contributed by atoms with E-state index in [0.717, 1.165) is 72.8 Å². The number of carbonyl (C=O) groups is 3. The van der Waals surface area contributed by atoms with Gasteiger partial charge in [-0.3, -0.25) is 9.59 Å². The average Bonchev–Trinajstić information content (AvgIpc) is 3.44. The van der Waals surface area contributed by atoms with E-state index in [1.807, 2.05) is 56.3 Å². The number of aryl methyl sites for hydroxylation is 1. The zero-order valence-corrected chi connectivity index (χ0v) is 22.4. The second kappa shape index (κ2) is 12.1. The molecule has 0 bridgehead atoms. The van der Waals surface area contributed by atoms with Gasteiger partial charge in [0.15, 0.2) is 0 Å². The molecule has 0 spiro atoms. The van der Waals surface area contributed by atoms with Gasteiger partial charge >= 0.3 is 0 Å². The molecule has 0 saturated heterocycles. The van der Waals surface area contributed by atoms with Crippen LogP contribution in [-0.2, 0) is 27.3 Å². The van der Waals surface area contributed by atoms with Crippen molar-refractivity contribution in [2.45, 2.75) is 70.4 Å². The zero-order chi connectivity index (χ0) is 27.1. The second-order valence-corrected chi connectivity index (χ2v) is 10.2. The quantitative estimate of drug-likeness (QED) is 0.329. The maximum Gasteiger partial charge on any atom is 0.228 e. The summed E-state index contributed by atoms with van der Waals surface area (Å²) in [6.45, 7) is 4.19. The van der Waals surface area contributed by atoms with Crippen LogP contribution in [0.15, 0.2) is 59.2 Å². The van der Waals surface area contributed by atoms with E-state index in [2.05, 4.69) is 5.32 Å². The molecule has 3 aromatic rings. The fraction of sp³-hybridized carbons (Fsp3) is 0.387. The summed E-state index contributed by atoms with van der Waals surface area (Å²) in [5.74, 6) is 0.734. The van der Waals surface area contributed by atoms with Gasteiger partial charge in [-0.25, -0.2) is 0 Å². The van der Waals surface area contributed by atoms with E-state index in [-0.39, 0.29) is 12.3 Å². The van der Waals surface area contributed by atoms with Crippen molar-refractivity contribution in [3.05, 3.63) is 82.8 Å². The summed E-state index contributed by atoms with van der Waals surface area (Å²) in [6.07, 6.45) is 8.03. The third kappa shape index (κ3) is 5.82. The number of rotatable bonds is 11. The van der Waals surface area contributed by atoms with Crippen molar-refractivity contribution in [3.63, 3.8) is 0 Å². The zero-order valence-electron chi connectivity index (χ0n) is 22.4. The van der Waals surface area contributed by atoms with Gasteiger partial charge in [0.05, 0.1) is 37.8 Å². The normalized spacial score (nSPS) is 15.3. The van der Waals surface area contributed by atoms with E-state index >= 15 is 0 Å². The van der Waals surface area contributed by atoms with E-state index in [1.165, 1.54) is 0 Å². The first-order valence-electron chi connectivity index (χ1n) is 13.1. The Morgan fingerprint density at radius 3 is 2.45 bits per heavy atom. The molecule has 0 radical (unpaired) electrons. The number of hydrogen-bond donors (Lipinski definition) is 1. The van der Waals surface area contributed by atoms with Crippen molar-refractivity contribution >= 4 is 24.3 Å². The van der Waals surface area contributed by atoms with E-state index in [0.29, 0.717) is 18.0 Å². The Labute approximate surface area is 224 Å². The Hall–Kier alpha value is -3.87. The molecule has 1 aliphatic carbocycles. The standard InChI is InChI=1S/C31H36N2O5/c1-22-16-27(23(2)29(17-22)32-30(36)18-24-9-11-25(37-3)12-10-24)28(20-34)31(13-5-4-6-14-31)33(21-35)19-26-8-7-15-38-26/h7-12,15-17,20-21,28H,4-6,13-14,18-19H2,1-3H3,(H,32,36). The highest BCUT2D eigenvalue weighted by molar-refractivity contribution is 5.93. The number of nitrogens with one attached hydrogen (secondary N) is 1. The summed E-state index contributed by atoms with van der Waals surface area (Å²) in [5.41, 5.74) is 3.50. The summed E-state index contributed by atoms with van der Waals surface area (Å²) < 4.78 is 10.7. The van der Waals surface area contributed by atoms with Crippen LogP contribution in [0, 0.1) is 13.8 Å². The minimum Gasteiger partial charge on any atom is -0.497 e. The molecule has 1 N–H and O–H groups in total. The van der Waals surface area contributed by atoms with E-state index < -0.39 is 11.5 Å². The number of hydrogen-bond acceptors (Lipinski definition) is 5. The van der Waals surface area contributed by atoms with Gasteiger partial charge in [-0.15, -0.1) is 0 Å². The Balaban J connectivity index is 1.65. The summed E-state index contributed by atoms with van der Waals surface area (Å²) in [6, 6.07) is 15.0. The van der Waals surface area contributed by atoms with Gasteiger partial charge in [-0.05, 0) is 79.3 Å². The predicted octanol–water partition coefficient (Wildman–Crippen LogP) is 5.73. The molecular formula is C31H36N2O5. The van der Waals surface area contributed by atoms with E-state index in [4.69, 9.17) is 9.15 Å². The number of methoxy groups -OCH3 is 1. The van der Waals surface area contributed by atoms with Crippen molar-refractivity contribution in [2.24, 2.45) is 0 Å². The Kier molecular flexibility index (Phi) is 8.66. The number of amides is 2. The Morgan fingerprint density at radius 2 is 1.84 bits per heavy atom. The molecule has 4 rings (SSSR count). The number of carbonyl (C=O) groups excluding carboxylic acids is 3. The van der Waals surface area contributed by atoms with Crippen LogP contribution in [0.2, 0.25) is 0 Å². The lowest BCUT2D eigenvalue weighted by atomic mass is 9.68. The van der Waals surface area contributed by atoms with Gasteiger partial charge in [0.25, 0.3) is 0 Å². The van der Waals surface area contributed by atoms with Crippen LogP contribution in [0.5, 0.6) is 5.75 Å². The van der Waals surface area contributed by atoms with Crippen LogP contribution in [0.25, 0.3) is 0 Å². The minimum absolute atomic E-state index is 0.141. The van der Waals surface area contributed by atoms with Gasteiger partial charge in [0.2, 0.25) is 12.3 Å². The number of benzene rings is 2. The van der Waals surface area contributed by atoms with Crippen LogP contribution < -0.4 is 10.1 Å². The monoisotopic (exact) mass is 516 g/mol. The first kappa shape index (κ1) is 27.2. The van der Waals surface area contributed by atoms with Crippen molar-refractivity contribution in [1.29, 1.82) is 0 Å². The van der Waals surface area contributed by atoms with Crippen LogP contribution in [-0.4, -0.2) is 36.2 Å². The average molecular weight is 517 g/mol. The maximum atomic E-state index is 13.0. The third-order valence-corrected chi connectivity index (χ3v) is 7.76. The Bertz CT molecular complexity index is 1240. The molecule has 1 aromatic heterocycles. The molecule has 1 unspecified atom stereocenters. The molecule has 200 valence electrons. The number of aldehydes is 1. The van der Waals surface area contributed by atoms with Crippen LogP contribution in [0.1, 0.15) is 66.0 Å². The lowest BCUT2D eigenvalue weighted by molar-refractivity contribution is -0.130. The lowest BCUT2D eigenvalue weighted by Gasteiger charge is -2.48. The highest BCUT2D eigenvalue weighted by atomic mass is 16.5. The number of ether oxygens (including phenoxy) is 1. The lowest BCUT2D eigenvalue weighted by Crippen LogP contribution is -2.53. The van der Waals surface area contributed by atoms with Crippen molar-refractivity contribution in [3.8, 4) is 5.75 Å². The molecular weight excluding hydrogens is 480 g/mol. The highest BCUT2D eigenvalue weighted by Crippen LogP contribution is 2.45. The SMILES string of the molecule is COc1ccc(CC(=O)Nc2cc(C)cc(C(C=O)C3(N(C=O)Cc4ccco4)CCCCC3)c2C)cc1. The van der Waals surface area contributed by atoms with Crippen LogP contribution >= 0.6 is 0 Å². The molecule has 38 heavy (non-hydrogen) atoms. The van der Waals surface area contributed by atoms with Crippen LogP contribution in [0.4, 0.5) is 5.69 Å². The summed E-state index contributed by atoms with van der Waals surface area (Å²) >= 11 is 0. The van der Waals surface area contributed by atoms with Gasteiger partial charge in [-0.1, -0.05) is 37.5 Å². The fourth-order valence-corrected chi connectivity index (χ4v) is 5.76. The van der Waals surface area contributed by atoms with Crippen molar-refractivity contribution < 1.29 is 23.5 Å². The number of furan rings is 1. The predicted molar refractivity (Wildman–Crippen MR) is 146 cm³/mol. The van der Waals surface area contributed by atoms with Gasteiger partial charge in [-0.2, -0.15) is 0 Å². The molecule has 0 aliphatic heterocycles. The fourth-order valence-electron chi connectivity index (χ4n) is 5.76. The minimum atomic E-state index is -0.669. The summed E-state index contributed by atoms with van der Waals surface area (Å²) in [5, 5.41) is 3.06. The topological polar surface area (TPSA) is 88.9 Å². The first-order valence-corrected chi connectivity index (χ1v) is 13.1. The smallest absolute Gasteiger partial charge is 0.228 e. The van der Waals surface area contributed by atoms with E-state index in [1.54, 1.807) is 24.3 Å². The molecule has 1 atom stereocenters. The maximum absolute atomic E-state index is 13.0. The van der Waals surface area contributed by atoms with Crippen LogP contribution in [0.3, 0.4) is 0 Å². The summed E-state index contributed by atoms with van der Waals surface area (Å²) in [4.78, 5) is 40.1. The molecule has 1 aliphatic rings. The van der Waals surface area contributed by atoms with Gasteiger partial charge in [0.1, 0.15) is 17.8 Å². The van der Waals surface area contributed by atoms with Gasteiger partial charge in [0, 0.05) is 5.69 Å². The molecule has 2 amide bonds. The van der Waals surface area contributed by atoms with Crippen molar-refractivity contribution in [2.75, 3.05) is 12.4 Å². The number of anilines is 1. The highest BCUT2D eigenvalue weighted by Gasteiger charge is 2.46. The van der Waals surface area contributed by atoms with Gasteiger partial charge < -0.3 is 24.2 Å².